The van der Waals surface area contributed by atoms with E-state index in [1.807, 2.05) is 0 Å². The molecule has 1 heterocycles. The molecule has 0 radical (unpaired) electrons. The van der Waals surface area contributed by atoms with Gasteiger partial charge in [0.1, 0.15) is 0 Å². The second-order valence-corrected chi connectivity index (χ2v) is 5.01. The lowest BCUT2D eigenvalue weighted by molar-refractivity contribution is 0.0907. The van der Waals surface area contributed by atoms with Gasteiger partial charge >= 0.3 is 0 Å². The smallest absolute Gasteiger partial charge is 0.0579 e. The quantitative estimate of drug-likeness (QED) is 0.730. The highest BCUT2D eigenvalue weighted by Gasteiger charge is 2.20. The van der Waals surface area contributed by atoms with E-state index in [0.29, 0.717) is 6.10 Å². The zero-order chi connectivity index (χ0) is 9.80. The van der Waals surface area contributed by atoms with Crippen molar-refractivity contribution in [1.29, 1.82) is 0 Å². The van der Waals surface area contributed by atoms with E-state index in [2.05, 4.69) is 12.2 Å². The summed E-state index contributed by atoms with van der Waals surface area (Å²) in [6.45, 7) is 4.52. The molecule has 2 rings (SSSR count). The van der Waals surface area contributed by atoms with Crippen molar-refractivity contribution in [3.8, 4) is 0 Å². The molecule has 1 aliphatic heterocycles. The van der Waals surface area contributed by atoms with Crippen molar-refractivity contribution in [2.75, 3.05) is 13.2 Å². The zero-order valence-corrected chi connectivity index (χ0v) is 9.30. The maximum atomic E-state index is 5.64. The van der Waals surface area contributed by atoms with Gasteiger partial charge in [-0.15, -0.1) is 0 Å². The molecule has 1 aliphatic carbocycles. The first-order valence-corrected chi connectivity index (χ1v) is 6.19. The number of ether oxygens (including phenoxy) is 1. The normalized spacial score (nSPS) is 30.2. The van der Waals surface area contributed by atoms with E-state index < -0.39 is 0 Å². The standard InChI is InChI=1S/C12H23NO/c1-10(8-12-6-3-7-14-12)9-13-11-4-2-5-11/h10-13H,2-9H2,1H3. The molecule has 2 heteroatoms. The average molecular weight is 197 g/mol. The Hall–Kier alpha value is -0.0800. The maximum Gasteiger partial charge on any atom is 0.0579 e. The summed E-state index contributed by atoms with van der Waals surface area (Å²) in [5, 5.41) is 3.64. The first-order valence-electron chi connectivity index (χ1n) is 6.19. The van der Waals surface area contributed by atoms with Crippen molar-refractivity contribution in [3.05, 3.63) is 0 Å². The number of nitrogens with one attached hydrogen (secondary N) is 1. The molecule has 2 nitrogen and oxygen atoms in total. The van der Waals surface area contributed by atoms with Crippen LogP contribution in [-0.2, 0) is 4.74 Å². The third-order valence-corrected chi connectivity index (χ3v) is 3.55. The van der Waals surface area contributed by atoms with E-state index in [-0.39, 0.29) is 0 Å². The fraction of sp³-hybridized carbons (Fsp3) is 1.00. The van der Waals surface area contributed by atoms with Crippen LogP contribution in [0.5, 0.6) is 0 Å². The lowest BCUT2D eigenvalue weighted by Gasteiger charge is -2.28. The largest absolute Gasteiger partial charge is 0.378 e. The minimum atomic E-state index is 0.563. The van der Waals surface area contributed by atoms with Crippen LogP contribution in [0.1, 0.15) is 45.4 Å². The molecule has 2 unspecified atom stereocenters. The van der Waals surface area contributed by atoms with Crippen LogP contribution in [0.15, 0.2) is 0 Å². The summed E-state index contributed by atoms with van der Waals surface area (Å²) < 4.78 is 5.64. The Labute approximate surface area is 87.4 Å². The van der Waals surface area contributed by atoms with Crippen LogP contribution < -0.4 is 5.32 Å². The molecule has 14 heavy (non-hydrogen) atoms. The second-order valence-electron chi connectivity index (χ2n) is 5.01. The first-order chi connectivity index (χ1) is 6.84. The minimum Gasteiger partial charge on any atom is -0.378 e. The van der Waals surface area contributed by atoms with Crippen LogP contribution in [0.25, 0.3) is 0 Å². The highest BCUT2D eigenvalue weighted by Crippen LogP contribution is 2.21. The monoisotopic (exact) mass is 197 g/mol. The van der Waals surface area contributed by atoms with Crippen LogP contribution in [0.2, 0.25) is 0 Å². The van der Waals surface area contributed by atoms with Crippen molar-refractivity contribution >= 4 is 0 Å². The van der Waals surface area contributed by atoms with E-state index in [1.165, 1.54) is 45.1 Å². The Bertz CT molecular complexity index is 162. The molecular formula is C12H23NO. The SMILES string of the molecule is CC(CNC1CCC1)CC1CCCO1. The summed E-state index contributed by atoms with van der Waals surface area (Å²) in [5.74, 6) is 0.777. The summed E-state index contributed by atoms with van der Waals surface area (Å²) in [5.41, 5.74) is 0. The molecule has 2 atom stereocenters. The Morgan fingerprint density at radius 3 is 2.71 bits per heavy atom. The minimum absolute atomic E-state index is 0.563. The van der Waals surface area contributed by atoms with Gasteiger partial charge in [-0.1, -0.05) is 13.3 Å². The van der Waals surface area contributed by atoms with E-state index in [1.54, 1.807) is 0 Å². The van der Waals surface area contributed by atoms with Gasteiger partial charge in [0.25, 0.3) is 0 Å². The van der Waals surface area contributed by atoms with E-state index >= 15 is 0 Å². The third-order valence-electron chi connectivity index (χ3n) is 3.55. The average Bonchev–Trinajstić information content (AvgIpc) is 2.54. The summed E-state index contributed by atoms with van der Waals surface area (Å²) >= 11 is 0. The van der Waals surface area contributed by atoms with Gasteiger partial charge in [0.05, 0.1) is 6.10 Å². The Morgan fingerprint density at radius 1 is 1.29 bits per heavy atom. The fourth-order valence-corrected chi connectivity index (χ4v) is 2.34. The zero-order valence-electron chi connectivity index (χ0n) is 9.30. The van der Waals surface area contributed by atoms with Gasteiger partial charge in [-0.25, -0.2) is 0 Å². The predicted octanol–water partition coefficient (Wildman–Crippen LogP) is 2.33. The third kappa shape index (κ3) is 2.96. The molecule has 0 amide bonds. The number of hydrogen-bond donors (Lipinski definition) is 1. The molecular weight excluding hydrogens is 174 g/mol. The van der Waals surface area contributed by atoms with E-state index in [4.69, 9.17) is 4.74 Å². The van der Waals surface area contributed by atoms with Crippen molar-refractivity contribution in [1.82, 2.24) is 5.32 Å². The Balaban J connectivity index is 1.55. The summed E-state index contributed by atoms with van der Waals surface area (Å²) in [6.07, 6.45) is 8.59. The van der Waals surface area contributed by atoms with Gasteiger partial charge in [-0.05, 0) is 44.6 Å². The molecule has 1 saturated carbocycles. The van der Waals surface area contributed by atoms with Gasteiger partial charge in [0.2, 0.25) is 0 Å². The molecule has 1 saturated heterocycles. The van der Waals surface area contributed by atoms with Gasteiger partial charge in [-0.2, -0.15) is 0 Å². The summed E-state index contributed by atoms with van der Waals surface area (Å²) in [7, 11) is 0. The molecule has 1 N–H and O–H groups in total. The molecule has 2 aliphatic rings. The van der Waals surface area contributed by atoms with Crippen molar-refractivity contribution < 1.29 is 4.74 Å². The van der Waals surface area contributed by atoms with Crippen LogP contribution in [0.3, 0.4) is 0 Å². The lowest BCUT2D eigenvalue weighted by Crippen LogP contribution is -2.38. The highest BCUT2D eigenvalue weighted by molar-refractivity contribution is 4.78. The van der Waals surface area contributed by atoms with Crippen LogP contribution in [0.4, 0.5) is 0 Å². The summed E-state index contributed by atoms with van der Waals surface area (Å²) in [6, 6.07) is 0.835. The Kier molecular flexibility index (Phi) is 3.82. The number of rotatable bonds is 5. The topological polar surface area (TPSA) is 21.3 Å². The first kappa shape index (κ1) is 10.4. The van der Waals surface area contributed by atoms with E-state index in [0.717, 1.165) is 18.6 Å². The van der Waals surface area contributed by atoms with Crippen LogP contribution in [0, 0.1) is 5.92 Å². The molecule has 0 bridgehead atoms. The van der Waals surface area contributed by atoms with Crippen molar-refractivity contribution in [2.45, 2.75) is 57.6 Å². The van der Waals surface area contributed by atoms with Crippen LogP contribution in [-0.4, -0.2) is 25.3 Å². The van der Waals surface area contributed by atoms with Crippen LogP contribution >= 0.6 is 0 Å². The molecule has 0 spiro atoms. The predicted molar refractivity (Wildman–Crippen MR) is 58.4 cm³/mol. The van der Waals surface area contributed by atoms with Crippen molar-refractivity contribution in [2.24, 2.45) is 5.92 Å². The lowest BCUT2D eigenvalue weighted by atomic mass is 9.92. The van der Waals surface area contributed by atoms with Gasteiger partial charge in [0, 0.05) is 12.6 Å². The molecule has 2 fully saturated rings. The van der Waals surface area contributed by atoms with Gasteiger partial charge < -0.3 is 10.1 Å². The summed E-state index contributed by atoms with van der Waals surface area (Å²) in [4.78, 5) is 0. The van der Waals surface area contributed by atoms with Crippen molar-refractivity contribution in [3.63, 3.8) is 0 Å². The van der Waals surface area contributed by atoms with Gasteiger partial charge in [0.15, 0.2) is 0 Å². The second kappa shape index (κ2) is 5.13. The Morgan fingerprint density at radius 2 is 2.14 bits per heavy atom. The highest BCUT2D eigenvalue weighted by atomic mass is 16.5. The fourth-order valence-electron chi connectivity index (χ4n) is 2.34. The number of hydrogen-bond acceptors (Lipinski definition) is 2. The molecule has 82 valence electrons. The van der Waals surface area contributed by atoms with E-state index in [9.17, 15) is 0 Å². The maximum absolute atomic E-state index is 5.64. The van der Waals surface area contributed by atoms with Gasteiger partial charge in [-0.3, -0.25) is 0 Å². The molecule has 0 aromatic rings. The molecule has 0 aromatic carbocycles. The molecule has 0 aromatic heterocycles.